The number of likely N-dealkylation sites (N-methyl/N-ethyl adjacent to an activating group) is 1. The highest BCUT2D eigenvalue weighted by molar-refractivity contribution is 5.73. The summed E-state index contributed by atoms with van der Waals surface area (Å²) in [5.74, 6) is 0.953. The molecule has 0 bridgehead atoms. The summed E-state index contributed by atoms with van der Waals surface area (Å²) >= 11 is 0. The summed E-state index contributed by atoms with van der Waals surface area (Å²) in [5.41, 5.74) is 5.97. The largest absolute Gasteiger partial charge is 0.328 e. The first-order chi connectivity index (χ1) is 17.4. The molecule has 5 aromatic rings. The third-order valence-corrected chi connectivity index (χ3v) is 6.24. The lowest BCUT2D eigenvalue weighted by Crippen LogP contribution is -2.18. The van der Waals surface area contributed by atoms with Crippen molar-refractivity contribution in [2.24, 2.45) is 0 Å². The summed E-state index contributed by atoms with van der Waals surface area (Å²) in [6.07, 6.45) is 3.64. The van der Waals surface area contributed by atoms with Crippen molar-refractivity contribution in [3.05, 3.63) is 82.5 Å². The molecule has 5 rings (SSSR count). The van der Waals surface area contributed by atoms with Gasteiger partial charge in [0.2, 0.25) is 0 Å². The average Bonchev–Trinajstić information content (AvgIpc) is 3.47. The Morgan fingerprint density at radius 3 is 2.58 bits per heavy atom. The molecule has 3 heterocycles. The first-order valence-electron chi connectivity index (χ1n) is 12.1. The average molecular weight is 483 g/mol. The number of rotatable bonds is 8. The van der Waals surface area contributed by atoms with E-state index in [9.17, 15) is 4.79 Å². The van der Waals surface area contributed by atoms with E-state index >= 15 is 0 Å². The van der Waals surface area contributed by atoms with Gasteiger partial charge in [-0.1, -0.05) is 67.6 Å². The number of nitrogens with zero attached hydrogens (tertiary/aromatic N) is 7. The monoisotopic (exact) mass is 482 g/mol. The minimum atomic E-state index is -0.207. The van der Waals surface area contributed by atoms with E-state index in [-0.39, 0.29) is 5.69 Å². The predicted octanol–water partition coefficient (Wildman–Crippen LogP) is 3.78. The zero-order valence-electron chi connectivity index (χ0n) is 21.0. The van der Waals surface area contributed by atoms with Gasteiger partial charge in [-0.3, -0.25) is 9.25 Å². The van der Waals surface area contributed by atoms with Gasteiger partial charge >= 0.3 is 5.69 Å². The first kappa shape index (κ1) is 23.6. The number of nitrogens with one attached hydrogen (secondary N) is 1. The van der Waals surface area contributed by atoms with Crippen molar-refractivity contribution in [1.29, 1.82) is 0 Å². The Hall–Kier alpha value is -4.11. The number of hydrogen-bond acceptors (Lipinski definition) is 6. The van der Waals surface area contributed by atoms with Gasteiger partial charge in [-0.05, 0) is 31.1 Å². The van der Waals surface area contributed by atoms with Crippen LogP contribution in [0, 0.1) is 0 Å². The molecule has 0 fully saturated rings. The van der Waals surface area contributed by atoms with Crippen LogP contribution in [-0.4, -0.2) is 60.1 Å². The van der Waals surface area contributed by atoms with E-state index in [4.69, 9.17) is 4.98 Å². The van der Waals surface area contributed by atoms with Crippen LogP contribution in [0.3, 0.4) is 0 Å². The van der Waals surface area contributed by atoms with E-state index in [1.165, 1.54) is 5.56 Å². The van der Waals surface area contributed by atoms with E-state index in [0.717, 1.165) is 35.5 Å². The molecule has 0 amide bonds. The molecule has 36 heavy (non-hydrogen) atoms. The normalized spacial score (nSPS) is 11.7. The van der Waals surface area contributed by atoms with Crippen molar-refractivity contribution in [2.75, 3.05) is 20.6 Å². The smallest absolute Gasteiger partial charge is 0.308 e. The molecule has 184 valence electrons. The number of aromatic amines is 1. The highest BCUT2D eigenvalue weighted by Gasteiger charge is 2.15. The van der Waals surface area contributed by atoms with E-state index < -0.39 is 0 Å². The van der Waals surface area contributed by atoms with Gasteiger partial charge in [0.15, 0.2) is 11.5 Å². The molecule has 2 aromatic carbocycles. The Morgan fingerprint density at radius 2 is 1.83 bits per heavy atom. The number of H-pyrrole nitrogens is 1. The Labute approximate surface area is 209 Å². The van der Waals surface area contributed by atoms with Crippen molar-refractivity contribution in [3.8, 4) is 22.6 Å². The molecule has 9 nitrogen and oxygen atoms in total. The number of hydrogen-bond donors (Lipinski definition) is 1. The standard InChI is InChI=1S/C27H30N8O/c1-18(2)21-7-5-6-8-22(21)25-28-15-23-26(30-25)35(27(36)29-23)16-19-9-11-20(12-10-19)24-17-34(32-31-24)14-13-33(3)4/h5-12,15,17-18H,13-14,16H2,1-4H3,(H,29,36). The molecule has 9 heteroatoms. The SMILES string of the molecule is CC(C)c1ccccc1-c1ncc2[nH]c(=O)n(Cc3ccc(-c4cn(CCN(C)C)nn4)cc3)c2n1. The van der Waals surface area contributed by atoms with Gasteiger partial charge in [0.1, 0.15) is 11.2 Å². The summed E-state index contributed by atoms with van der Waals surface area (Å²) in [6.45, 7) is 6.38. The topological polar surface area (TPSA) is 97.5 Å². The molecule has 1 N–H and O–H groups in total. The van der Waals surface area contributed by atoms with Crippen molar-refractivity contribution in [3.63, 3.8) is 0 Å². The minimum absolute atomic E-state index is 0.207. The van der Waals surface area contributed by atoms with Crippen LogP contribution in [0.15, 0.2) is 65.7 Å². The molecule has 0 spiro atoms. The lowest BCUT2D eigenvalue weighted by Gasteiger charge is -2.11. The van der Waals surface area contributed by atoms with Crippen LogP contribution in [0.1, 0.15) is 30.9 Å². The van der Waals surface area contributed by atoms with Gasteiger partial charge in [0, 0.05) is 17.7 Å². The van der Waals surface area contributed by atoms with Crippen molar-refractivity contribution >= 4 is 11.2 Å². The van der Waals surface area contributed by atoms with Crippen LogP contribution in [0.25, 0.3) is 33.8 Å². The summed E-state index contributed by atoms with van der Waals surface area (Å²) in [5, 5.41) is 8.52. The van der Waals surface area contributed by atoms with Crippen LogP contribution >= 0.6 is 0 Å². The molecule has 0 radical (unpaired) electrons. The molecule has 0 aliphatic rings. The van der Waals surface area contributed by atoms with E-state index in [1.807, 2.05) is 67.4 Å². The fourth-order valence-corrected chi connectivity index (χ4v) is 4.23. The van der Waals surface area contributed by atoms with E-state index in [2.05, 4.69) is 45.1 Å². The van der Waals surface area contributed by atoms with E-state index in [0.29, 0.717) is 29.5 Å². The maximum absolute atomic E-state index is 12.8. The summed E-state index contributed by atoms with van der Waals surface area (Å²) in [7, 11) is 4.07. The van der Waals surface area contributed by atoms with Crippen LogP contribution in [-0.2, 0) is 13.1 Å². The molecular formula is C27H30N8O. The quantitative estimate of drug-likeness (QED) is 0.362. The molecular weight excluding hydrogens is 452 g/mol. The van der Waals surface area contributed by atoms with Crippen LogP contribution in [0.4, 0.5) is 0 Å². The molecule has 0 aliphatic heterocycles. The van der Waals surface area contributed by atoms with Crippen molar-refractivity contribution in [1.82, 2.24) is 39.4 Å². The Bertz CT molecular complexity index is 1540. The highest BCUT2D eigenvalue weighted by atomic mass is 16.1. The lowest BCUT2D eigenvalue weighted by atomic mass is 9.97. The van der Waals surface area contributed by atoms with Crippen molar-refractivity contribution < 1.29 is 0 Å². The van der Waals surface area contributed by atoms with Crippen LogP contribution in [0.2, 0.25) is 0 Å². The van der Waals surface area contributed by atoms with Crippen LogP contribution < -0.4 is 5.69 Å². The zero-order valence-corrected chi connectivity index (χ0v) is 21.0. The van der Waals surface area contributed by atoms with Gasteiger partial charge in [0.25, 0.3) is 0 Å². The molecule has 0 saturated heterocycles. The molecule has 0 saturated carbocycles. The number of aromatic nitrogens is 7. The minimum Gasteiger partial charge on any atom is -0.308 e. The fraction of sp³-hybridized carbons (Fsp3) is 0.296. The molecule has 0 aliphatic carbocycles. The van der Waals surface area contributed by atoms with Gasteiger partial charge in [-0.15, -0.1) is 5.10 Å². The van der Waals surface area contributed by atoms with E-state index in [1.54, 1.807) is 10.8 Å². The maximum Gasteiger partial charge on any atom is 0.328 e. The predicted molar refractivity (Wildman–Crippen MR) is 141 cm³/mol. The maximum atomic E-state index is 12.8. The molecule has 0 unspecified atom stereocenters. The number of fused-ring (bicyclic) bond motifs is 1. The second-order valence-electron chi connectivity index (χ2n) is 9.56. The second-order valence-corrected chi connectivity index (χ2v) is 9.56. The summed E-state index contributed by atoms with van der Waals surface area (Å²) in [6, 6.07) is 16.2. The van der Waals surface area contributed by atoms with Gasteiger partial charge in [-0.2, -0.15) is 0 Å². The molecule has 3 aromatic heterocycles. The summed E-state index contributed by atoms with van der Waals surface area (Å²) < 4.78 is 3.51. The summed E-state index contributed by atoms with van der Waals surface area (Å²) in [4.78, 5) is 27.1. The third-order valence-electron chi connectivity index (χ3n) is 6.24. The number of benzene rings is 2. The number of imidazole rings is 1. The Morgan fingerprint density at radius 1 is 1.06 bits per heavy atom. The first-order valence-corrected chi connectivity index (χ1v) is 12.1. The van der Waals surface area contributed by atoms with Crippen LogP contribution in [0.5, 0.6) is 0 Å². The lowest BCUT2D eigenvalue weighted by molar-refractivity contribution is 0.370. The Balaban J connectivity index is 1.41. The fourth-order valence-electron chi connectivity index (χ4n) is 4.23. The van der Waals surface area contributed by atoms with Gasteiger partial charge < -0.3 is 9.88 Å². The second kappa shape index (κ2) is 9.87. The highest BCUT2D eigenvalue weighted by Crippen LogP contribution is 2.27. The van der Waals surface area contributed by atoms with Gasteiger partial charge in [0.05, 0.1) is 25.5 Å². The zero-order chi connectivity index (χ0) is 25.2. The Kier molecular flexibility index (Phi) is 6.47. The third kappa shape index (κ3) is 4.83. The molecule has 0 atom stereocenters. The van der Waals surface area contributed by atoms with Crippen molar-refractivity contribution in [2.45, 2.75) is 32.9 Å². The van der Waals surface area contributed by atoms with Gasteiger partial charge in [-0.25, -0.2) is 14.8 Å².